The Labute approximate surface area is 214 Å². The van der Waals surface area contributed by atoms with Crippen LogP contribution in [-0.2, 0) is 15.7 Å². The van der Waals surface area contributed by atoms with Gasteiger partial charge in [-0.05, 0) is 61.0 Å². The molecule has 3 heterocycles. The van der Waals surface area contributed by atoms with Crippen molar-refractivity contribution in [3.63, 3.8) is 0 Å². The lowest BCUT2D eigenvalue weighted by Gasteiger charge is -2.11. The van der Waals surface area contributed by atoms with E-state index in [0.717, 1.165) is 22.2 Å². The van der Waals surface area contributed by atoms with E-state index in [-0.39, 0.29) is 24.0 Å². The number of nitrogens with one attached hydrogen (secondary N) is 1. The number of aromatic nitrogens is 4. The zero-order valence-corrected chi connectivity index (χ0v) is 20.9. The smallest absolute Gasteiger partial charge is 0.227 e. The Hall–Kier alpha value is -4.28. The maximum atomic E-state index is 13.1. The van der Waals surface area contributed by atoms with Gasteiger partial charge in [0.2, 0.25) is 5.95 Å². The summed E-state index contributed by atoms with van der Waals surface area (Å²) in [5.74, 6) is 0.814. The molecule has 0 atom stereocenters. The molecule has 0 radical (unpaired) electrons. The average Bonchev–Trinajstić information content (AvgIpc) is 3.27. The number of aryl methyl sites for hydroxylation is 1. The molecule has 10 heteroatoms. The highest BCUT2D eigenvalue weighted by atomic mass is 32.2. The lowest BCUT2D eigenvalue weighted by molar-refractivity contribution is 0.201. The van der Waals surface area contributed by atoms with Crippen LogP contribution < -0.4 is 10.1 Å². The SMILES string of the molecule is Cc1cc(OCCO)ccc1Nc1nccc(-c2cn(CS(=O)(=O)c3ccccc3)c3ncccc23)n1. The Morgan fingerprint density at radius 3 is 2.62 bits per heavy atom. The second kappa shape index (κ2) is 10.4. The summed E-state index contributed by atoms with van der Waals surface area (Å²) in [6, 6.07) is 19.4. The van der Waals surface area contributed by atoms with Gasteiger partial charge in [0.1, 0.15) is 23.9 Å². The second-order valence-electron chi connectivity index (χ2n) is 8.38. The zero-order chi connectivity index (χ0) is 25.8. The van der Waals surface area contributed by atoms with Crippen LogP contribution in [0.5, 0.6) is 5.75 Å². The van der Waals surface area contributed by atoms with Gasteiger partial charge in [-0.15, -0.1) is 0 Å². The molecule has 0 saturated carbocycles. The zero-order valence-electron chi connectivity index (χ0n) is 20.1. The third kappa shape index (κ3) is 5.30. The summed E-state index contributed by atoms with van der Waals surface area (Å²) in [7, 11) is -3.58. The molecule has 0 aliphatic carbocycles. The largest absolute Gasteiger partial charge is 0.491 e. The molecule has 0 saturated heterocycles. The molecule has 5 aromatic rings. The van der Waals surface area contributed by atoms with Crippen molar-refractivity contribution in [3.05, 3.63) is 90.9 Å². The van der Waals surface area contributed by atoms with E-state index in [9.17, 15) is 8.42 Å². The summed E-state index contributed by atoms with van der Waals surface area (Å²) in [6.45, 7) is 2.11. The molecule has 0 unspecified atom stereocenters. The molecule has 3 aromatic heterocycles. The maximum Gasteiger partial charge on any atom is 0.227 e. The summed E-state index contributed by atoms with van der Waals surface area (Å²) in [5.41, 5.74) is 3.68. The van der Waals surface area contributed by atoms with Crippen LogP contribution in [0.2, 0.25) is 0 Å². The molecule has 2 aromatic carbocycles. The van der Waals surface area contributed by atoms with E-state index in [1.807, 2.05) is 31.2 Å². The first-order chi connectivity index (χ1) is 17.9. The van der Waals surface area contributed by atoms with E-state index >= 15 is 0 Å². The number of pyridine rings is 1. The molecule has 0 bridgehead atoms. The average molecular weight is 516 g/mol. The Morgan fingerprint density at radius 1 is 1.00 bits per heavy atom. The number of hydrogen-bond donors (Lipinski definition) is 2. The number of aliphatic hydroxyl groups excluding tert-OH is 1. The molecule has 0 aliphatic rings. The Balaban J connectivity index is 1.46. The highest BCUT2D eigenvalue weighted by Gasteiger charge is 2.19. The minimum Gasteiger partial charge on any atom is -0.491 e. The normalized spacial score (nSPS) is 11.5. The Kier molecular flexibility index (Phi) is 6.85. The van der Waals surface area contributed by atoms with Crippen molar-refractivity contribution in [2.75, 3.05) is 18.5 Å². The molecular formula is C27H25N5O4S. The van der Waals surface area contributed by atoms with E-state index < -0.39 is 9.84 Å². The Bertz CT molecular complexity index is 1650. The van der Waals surface area contributed by atoms with Gasteiger partial charge in [0.15, 0.2) is 9.84 Å². The summed E-state index contributed by atoms with van der Waals surface area (Å²) in [4.78, 5) is 13.8. The fourth-order valence-corrected chi connectivity index (χ4v) is 5.31. The molecule has 0 spiro atoms. The number of sulfone groups is 1. The van der Waals surface area contributed by atoms with Crippen LogP contribution in [0, 0.1) is 6.92 Å². The van der Waals surface area contributed by atoms with E-state index in [0.29, 0.717) is 23.0 Å². The fraction of sp³-hybridized carbons (Fsp3) is 0.148. The van der Waals surface area contributed by atoms with Crippen LogP contribution in [0.1, 0.15) is 5.56 Å². The molecular weight excluding hydrogens is 490 g/mol. The number of ether oxygens (including phenoxy) is 1. The van der Waals surface area contributed by atoms with Crippen molar-refractivity contribution in [3.8, 4) is 17.0 Å². The molecule has 9 nitrogen and oxygen atoms in total. The van der Waals surface area contributed by atoms with Crippen LogP contribution >= 0.6 is 0 Å². The van der Waals surface area contributed by atoms with Crippen LogP contribution in [-0.4, -0.2) is 46.3 Å². The van der Waals surface area contributed by atoms with Gasteiger partial charge >= 0.3 is 0 Å². The van der Waals surface area contributed by atoms with E-state index in [2.05, 4.69) is 15.3 Å². The standard InChI is InChI=1S/C27H25N5O4S/c1-19-16-20(36-15-14-33)9-10-24(19)30-27-29-13-11-25(31-27)23-17-32(26-22(23)8-5-12-28-26)18-37(34,35)21-6-3-2-4-7-21/h2-13,16-17,33H,14-15,18H2,1H3,(H,29,30,31). The summed E-state index contributed by atoms with van der Waals surface area (Å²) >= 11 is 0. The lowest BCUT2D eigenvalue weighted by atomic mass is 10.1. The molecule has 0 fully saturated rings. The predicted octanol–water partition coefficient (Wildman–Crippen LogP) is 4.35. The van der Waals surface area contributed by atoms with E-state index in [1.54, 1.807) is 65.6 Å². The molecule has 37 heavy (non-hydrogen) atoms. The van der Waals surface area contributed by atoms with Gasteiger partial charge < -0.3 is 19.7 Å². The third-order valence-corrected chi connectivity index (χ3v) is 7.39. The van der Waals surface area contributed by atoms with Crippen molar-refractivity contribution in [1.82, 2.24) is 19.5 Å². The molecule has 2 N–H and O–H groups in total. The van der Waals surface area contributed by atoms with Crippen LogP contribution in [0.3, 0.4) is 0 Å². The number of fused-ring (bicyclic) bond motifs is 1. The van der Waals surface area contributed by atoms with Crippen LogP contribution in [0.4, 0.5) is 11.6 Å². The van der Waals surface area contributed by atoms with Crippen molar-refractivity contribution in [2.24, 2.45) is 0 Å². The topological polar surface area (TPSA) is 119 Å². The fourth-order valence-electron chi connectivity index (χ4n) is 4.03. The van der Waals surface area contributed by atoms with Crippen molar-refractivity contribution >= 4 is 32.5 Å². The molecule has 5 rings (SSSR count). The summed E-state index contributed by atoms with van der Waals surface area (Å²) < 4.78 is 33.2. The number of aliphatic hydroxyl groups is 1. The second-order valence-corrected chi connectivity index (χ2v) is 10.3. The van der Waals surface area contributed by atoms with Gasteiger partial charge in [-0.1, -0.05) is 18.2 Å². The van der Waals surface area contributed by atoms with Gasteiger partial charge in [-0.3, -0.25) is 0 Å². The maximum absolute atomic E-state index is 13.1. The lowest BCUT2D eigenvalue weighted by Crippen LogP contribution is -2.10. The summed E-state index contributed by atoms with van der Waals surface area (Å²) in [5, 5.41) is 13.0. The molecule has 0 amide bonds. The highest BCUT2D eigenvalue weighted by molar-refractivity contribution is 7.90. The first kappa shape index (κ1) is 24.4. The Morgan fingerprint density at radius 2 is 1.84 bits per heavy atom. The van der Waals surface area contributed by atoms with Crippen molar-refractivity contribution in [2.45, 2.75) is 17.7 Å². The molecule has 188 valence electrons. The van der Waals surface area contributed by atoms with Gasteiger partial charge in [0.25, 0.3) is 0 Å². The van der Waals surface area contributed by atoms with Gasteiger partial charge in [-0.25, -0.2) is 23.4 Å². The minimum absolute atomic E-state index is 0.0518. The number of rotatable bonds is 9. The number of nitrogens with zero attached hydrogens (tertiary/aromatic N) is 4. The number of hydrogen-bond acceptors (Lipinski definition) is 8. The highest BCUT2D eigenvalue weighted by Crippen LogP contribution is 2.30. The molecule has 0 aliphatic heterocycles. The third-order valence-electron chi connectivity index (χ3n) is 5.78. The minimum atomic E-state index is -3.58. The first-order valence-electron chi connectivity index (χ1n) is 11.6. The van der Waals surface area contributed by atoms with Crippen LogP contribution in [0.25, 0.3) is 22.3 Å². The number of anilines is 2. The van der Waals surface area contributed by atoms with Crippen molar-refractivity contribution in [1.29, 1.82) is 0 Å². The van der Waals surface area contributed by atoms with Crippen LogP contribution in [0.15, 0.2) is 90.2 Å². The van der Waals surface area contributed by atoms with Gasteiger partial charge in [0.05, 0.1) is 17.2 Å². The van der Waals surface area contributed by atoms with E-state index in [4.69, 9.17) is 14.8 Å². The predicted molar refractivity (Wildman–Crippen MR) is 141 cm³/mol. The number of benzene rings is 2. The quantitative estimate of drug-likeness (QED) is 0.297. The first-order valence-corrected chi connectivity index (χ1v) is 13.3. The van der Waals surface area contributed by atoms with Crippen molar-refractivity contribution < 1.29 is 18.3 Å². The monoisotopic (exact) mass is 515 g/mol. The van der Waals surface area contributed by atoms with Gasteiger partial charge in [0, 0.05) is 35.2 Å². The van der Waals surface area contributed by atoms with E-state index in [1.165, 1.54) is 0 Å². The van der Waals surface area contributed by atoms with Gasteiger partial charge in [-0.2, -0.15) is 0 Å². The summed E-state index contributed by atoms with van der Waals surface area (Å²) in [6.07, 6.45) is 5.06.